The van der Waals surface area contributed by atoms with Gasteiger partial charge < -0.3 is 14.4 Å². The number of aromatic nitrogens is 1. The van der Waals surface area contributed by atoms with E-state index >= 15 is 0 Å². The molecule has 5 nitrogen and oxygen atoms in total. The number of carbonyl (C=O) groups excluding carboxylic acids is 1. The van der Waals surface area contributed by atoms with Crippen LogP contribution in [0.15, 0.2) is 60.8 Å². The summed E-state index contributed by atoms with van der Waals surface area (Å²) in [4.78, 5) is 18.9. The Morgan fingerprint density at radius 3 is 2.47 bits per heavy atom. The molecule has 5 heteroatoms. The Bertz CT molecular complexity index is 1080. The summed E-state index contributed by atoms with van der Waals surface area (Å²) in [7, 11) is 0. The molecule has 0 radical (unpaired) electrons. The van der Waals surface area contributed by atoms with Crippen LogP contribution in [0.25, 0.3) is 22.0 Å². The third kappa shape index (κ3) is 3.80. The molecule has 0 N–H and O–H groups in total. The van der Waals surface area contributed by atoms with E-state index in [1.807, 2.05) is 17.2 Å². The zero-order chi connectivity index (χ0) is 22.0. The highest BCUT2D eigenvalue weighted by atomic mass is 16.7. The largest absolute Gasteiger partial charge is 0.343 e. The van der Waals surface area contributed by atoms with Crippen LogP contribution < -0.4 is 0 Å². The van der Waals surface area contributed by atoms with E-state index in [2.05, 4.69) is 60.4 Å². The van der Waals surface area contributed by atoms with Crippen LogP contribution in [0.1, 0.15) is 38.2 Å². The second-order valence-electron chi connectivity index (χ2n) is 8.73. The summed E-state index contributed by atoms with van der Waals surface area (Å²) in [6.45, 7) is 4.81. The zero-order valence-electron chi connectivity index (χ0n) is 18.6. The molecule has 0 spiro atoms. The van der Waals surface area contributed by atoms with Gasteiger partial charge in [0.05, 0.1) is 18.7 Å². The van der Waals surface area contributed by atoms with Crippen molar-refractivity contribution in [2.24, 2.45) is 5.92 Å². The number of likely N-dealkylation sites (tertiary alicyclic amines) is 1. The van der Waals surface area contributed by atoms with Crippen molar-refractivity contribution in [1.82, 2.24) is 9.88 Å². The molecule has 3 heterocycles. The average molecular weight is 431 g/mol. The first-order valence-corrected chi connectivity index (χ1v) is 11.7. The molecule has 2 saturated heterocycles. The number of benzene rings is 2. The van der Waals surface area contributed by atoms with Gasteiger partial charge in [0, 0.05) is 48.1 Å². The van der Waals surface area contributed by atoms with Gasteiger partial charge in [-0.3, -0.25) is 9.78 Å². The van der Waals surface area contributed by atoms with Crippen molar-refractivity contribution in [2.75, 3.05) is 26.3 Å². The fourth-order valence-electron chi connectivity index (χ4n) is 5.17. The maximum atomic E-state index is 12.3. The fourth-order valence-corrected chi connectivity index (χ4v) is 5.17. The highest BCUT2D eigenvalue weighted by molar-refractivity contribution is 5.93. The molecule has 166 valence electrons. The maximum Gasteiger partial charge on any atom is 0.222 e. The molecule has 2 fully saturated rings. The minimum Gasteiger partial charge on any atom is -0.343 e. The van der Waals surface area contributed by atoms with Gasteiger partial charge in [0.15, 0.2) is 5.79 Å². The first-order chi connectivity index (χ1) is 15.7. The number of hydrogen-bond donors (Lipinski definition) is 0. The van der Waals surface area contributed by atoms with Gasteiger partial charge >= 0.3 is 0 Å². The van der Waals surface area contributed by atoms with Gasteiger partial charge in [0.1, 0.15) is 0 Å². The summed E-state index contributed by atoms with van der Waals surface area (Å²) in [6, 6.07) is 18.9. The number of carbonyl (C=O) groups is 1. The smallest absolute Gasteiger partial charge is 0.222 e. The molecule has 0 bridgehead atoms. The lowest BCUT2D eigenvalue weighted by Crippen LogP contribution is -2.46. The van der Waals surface area contributed by atoms with Crippen LogP contribution in [0.4, 0.5) is 0 Å². The standard InChI is InChI=1S/C27H30N2O3/c1-2-5-25(30)29-16-13-23(14-17-29)27(31-18-19-32-27)22-11-9-20(10-12-22)24-8-3-6-21-7-4-15-28-26(21)24/h3-4,6-12,15,23H,2,5,13-14,16-19H2,1H3. The van der Waals surface area contributed by atoms with Crippen molar-refractivity contribution in [3.63, 3.8) is 0 Å². The predicted molar refractivity (Wildman–Crippen MR) is 125 cm³/mol. The van der Waals surface area contributed by atoms with Gasteiger partial charge in [-0.25, -0.2) is 0 Å². The topological polar surface area (TPSA) is 51.7 Å². The van der Waals surface area contributed by atoms with Crippen molar-refractivity contribution < 1.29 is 14.3 Å². The SMILES string of the molecule is CCCC(=O)N1CCC(C2(c3ccc(-c4cccc5cccnc45)cc3)OCCO2)CC1. The number of para-hydroxylation sites is 1. The van der Waals surface area contributed by atoms with Crippen LogP contribution in [0.2, 0.25) is 0 Å². The van der Waals surface area contributed by atoms with Crippen molar-refractivity contribution in [3.05, 3.63) is 66.4 Å². The molecule has 5 rings (SSSR count). The number of fused-ring (bicyclic) bond motifs is 1. The summed E-state index contributed by atoms with van der Waals surface area (Å²) in [5.41, 5.74) is 4.33. The average Bonchev–Trinajstić information content (AvgIpc) is 3.35. The van der Waals surface area contributed by atoms with E-state index in [0.717, 1.165) is 59.9 Å². The number of ether oxygens (including phenoxy) is 2. The number of pyridine rings is 1. The van der Waals surface area contributed by atoms with Crippen molar-refractivity contribution in [1.29, 1.82) is 0 Å². The number of nitrogens with zero attached hydrogens (tertiary/aromatic N) is 2. The molecule has 1 amide bonds. The van der Waals surface area contributed by atoms with E-state index in [4.69, 9.17) is 9.47 Å². The van der Waals surface area contributed by atoms with Crippen LogP contribution >= 0.6 is 0 Å². The molecule has 0 atom stereocenters. The highest BCUT2D eigenvalue weighted by Crippen LogP contribution is 2.44. The number of amides is 1. The minimum absolute atomic E-state index is 0.237. The van der Waals surface area contributed by atoms with Gasteiger partial charge in [-0.15, -0.1) is 0 Å². The molecule has 2 aliphatic heterocycles. The van der Waals surface area contributed by atoms with Crippen LogP contribution in [0.3, 0.4) is 0 Å². The van der Waals surface area contributed by atoms with Crippen molar-refractivity contribution in [2.45, 2.75) is 38.4 Å². The number of rotatable bonds is 5. The zero-order valence-corrected chi connectivity index (χ0v) is 18.6. The normalized spacial score (nSPS) is 18.8. The number of hydrogen-bond acceptors (Lipinski definition) is 4. The van der Waals surface area contributed by atoms with Gasteiger partial charge in [-0.05, 0) is 30.9 Å². The van der Waals surface area contributed by atoms with Crippen molar-refractivity contribution >= 4 is 16.8 Å². The lowest BCUT2D eigenvalue weighted by molar-refractivity contribution is -0.214. The Kier molecular flexibility index (Phi) is 5.94. The lowest BCUT2D eigenvalue weighted by atomic mass is 9.83. The number of piperidine rings is 1. The quantitative estimate of drug-likeness (QED) is 0.562. The summed E-state index contributed by atoms with van der Waals surface area (Å²) in [5, 5.41) is 1.14. The second kappa shape index (κ2) is 9.00. The van der Waals surface area contributed by atoms with Crippen LogP contribution in [0.5, 0.6) is 0 Å². The molecule has 0 saturated carbocycles. The van der Waals surface area contributed by atoms with Crippen LogP contribution in [0, 0.1) is 5.92 Å². The molecule has 2 aliphatic rings. The first kappa shape index (κ1) is 21.1. The van der Waals surface area contributed by atoms with E-state index in [1.54, 1.807) is 0 Å². The summed E-state index contributed by atoms with van der Waals surface area (Å²) in [6.07, 6.45) is 5.16. The monoisotopic (exact) mass is 430 g/mol. The van der Waals surface area contributed by atoms with E-state index in [1.165, 1.54) is 0 Å². The maximum absolute atomic E-state index is 12.3. The summed E-state index contributed by atoms with van der Waals surface area (Å²) < 4.78 is 12.6. The molecule has 1 aromatic heterocycles. The molecule has 2 aromatic carbocycles. The summed E-state index contributed by atoms with van der Waals surface area (Å²) in [5.74, 6) is -0.211. The Balaban J connectivity index is 1.40. The van der Waals surface area contributed by atoms with Crippen LogP contribution in [-0.4, -0.2) is 42.1 Å². The Morgan fingerprint density at radius 1 is 1.03 bits per heavy atom. The molecular weight excluding hydrogens is 400 g/mol. The highest BCUT2D eigenvalue weighted by Gasteiger charge is 2.47. The molecule has 3 aromatic rings. The molecule has 32 heavy (non-hydrogen) atoms. The van der Waals surface area contributed by atoms with Crippen LogP contribution in [-0.2, 0) is 20.1 Å². The lowest BCUT2D eigenvalue weighted by Gasteiger charge is -2.41. The fraction of sp³-hybridized carbons (Fsp3) is 0.407. The van der Waals surface area contributed by atoms with E-state index in [9.17, 15) is 4.79 Å². The van der Waals surface area contributed by atoms with Gasteiger partial charge in [-0.1, -0.05) is 55.5 Å². The van der Waals surface area contributed by atoms with Crippen molar-refractivity contribution in [3.8, 4) is 11.1 Å². The van der Waals surface area contributed by atoms with E-state index < -0.39 is 5.79 Å². The Labute approximate surface area is 189 Å². The Morgan fingerprint density at radius 2 is 1.75 bits per heavy atom. The first-order valence-electron chi connectivity index (χ1n) is 11.7. The third-order valence-electron chi connectivity index (χ3n) is 6.80. The predicted octanol–water partition coefficient (Wildman–Crippen LogP) is 5.14. The third-order valence-corrected chi connectivity index (χ3v) is 6.80. The molecule has 0 unspecified atom stereocenters. The second-order valence-corrected chi connectivity index (χ2v) is 8.73. The Hall–Kier alpha value is -2.76. The van der Waals surface area contributed by atoms with E-state index in [-0.39, 0.29) is 11.8 Å². The molecule has 0 aliphatic carbocycles. The van der Waals surface area contributed by atoms with Gasteiger partial charge in [-0.2, -0.15) is 0 Å². The summed E-state index contributed by atoms with van der Waals surface area (Å²) >= 11 is 0. The minimum atomic E-state index is -0.713. The molecular formula is C27H30N2O3. The van der Waals surface area contributed by atoms with E-state index in [0.29, 0.717) is 19.6 Å². The van der Waals surface area contributed by atoms with Gasteiger partial charge in [0.2, 0.25) is 5.91 Å². The van der Waals surface area contributed by atoms with Gasteiger partial charge in [0.25, 0.3) is 0 Å².